The zero-order valence-corrected chi connectivity index (χ0v) is 11.0. The van der Waals surface area contributed by atoms with Gasteiger partial charge < -0.3 is 9.47 Å². The lowest BCUT2D eigenvalue weighted by Gasteiger charge is -2.17. The Labute approximate surface area is 108 Å². The molecule has 1 rings (SSSR count). The third-order valence-electron chi connectivity index (χ3n) is 2.71. The fraction of sp³-hybridized carbons (Fsp3) is 0.571. The molecule has 0 N–H and O–H groups in total. The van der Waals surface area contributed by atoms with Gasteiger partial charge in [-0.1, -0.05) is 0 Å². The second-order valence-electron chi connectivity index (χ2n) is 4.05. The summed E-state index contributed by atoms with van der Waals surface area (Å²) in [7, 11) is 0. The van der Waals surface area contributed by atoms with Crippen LogP contribution in [0.2, 0.25) is 0 Å². The van der Waals surface area contributed by atoms with Gasteiger partial charge in [-0.15, -0.1) is 0 Å². The molecule has 1 saturated carbocycles. The van der Waals surface area contributed by atoms with Crippen LogP contribution in [-0.2, 0) is 19.1 Å². The van der Waals surface area contributed by atoms with Gasteiger partial charge in [0.15, 0.2) is 0 Å². The van der Waals surface area contributed by atoms with Gasteiger partial charge in [0.05, 0.1) is 13.2 Å². The fourth-order valence-corrected chi connectivity index (χ4v) is 1.93. The van der Waals surface area contributed by atoms with Crippen LogP contribution in [0.5, 0.6) is 0 Å². The third kappa shape index (κ3) is 4.73. The van der Waals surface area contributed by atoms with Crippen LogP contribution in [0.4, 0.5) is 0 Å². The quantitative estimate of drug-likeness (QED) is 0.570. The highest BCUT2D eigenvalue weighted by atomic mass is 16.5. The van der Waals surface area contributed by atoms with E-state index < -0.39 is 0 Å². The molecule has 0 radical (unpaired) electrons. The summed E-state index contributed by atoms with van der Waals surface area (Å²) < 4.78 is 9.77. The maximum atomic E-state index is 11.4. The van der Waals surface area contributed by atoms with E-state index in [0.29, 0.717) is 13.2 Å². The van der Waals surface area contributed by atoms with Crippen molar-refractivity contribution in [2.75, 3.05) is 13.2 Å². The first-order valence-corrected chi connectivity index (χ1v) is 6.42. The first-order chi connectivity index (χ1) is 8.67. The van der Waals surface area contributed by atoms with Gasteiger partial charge in [0.1, 0.15) is 0 Å². The zero-order valence-electron chi connectivity index (χ0n) is 11.0. The molecule has 100 valence electrons. The van der Waals surface area contributed by atoms with Crippen LogP contribution in [0.15, 0.2) is 23.3 Å². The number of esters is 2. The normalized spacial score (nSPS) is 19.9. The second-order valence-corrected chi connectivity index (χ2v) is 4.05. The first kappa shape index (κ1) is 14.5. The summed E-state index contributed by atoms with van der Waals surface area (Å²) in [6, 6.07) is 0. The smallest absolute Gasteiger partial charge is 0.331 e. The molecular formula is C14H20O4. The molecule has 0 bridgehead atoms. The molecule has 0 aromatic carbocycles. The van der Waals surface area contributed by atoms with Gasteiger partial charge in [-0.05, 0) is 50.7 Å². The minimum Gasteiger partial charge on any atom is -0.463 e. The number of carbonyl (C=O) groups is 2. The predicted molar refractivity (Wildman–Crippen MR) is 67.9 cm³/mol. The largest absolute Gasteiger partial charge is 0.463 e. The number of carbonyl (C=O) groups excluding carboxylic acids is 2. The summed E-state index contributed by atoms with van der Waals surface area (Å²) in [5, 5.41) is 0. The van der Waals surface area contributed by atoms with Gasteiger partial charge >= 0.3 is 11.9 Å². The zero-order chi connectivity index (χ0) is 13.4. The van der Waals surface area contributed by atoms with E-state index in [1.807, 2.05) is 0 Å². The monoisotopic (exact) mass is 252 g/mol. The standard InChI is InChI=1S/C14H20O4/c1-3-17-13(15)9-11-7-5-6-8-12(11)10-14(16)18-4-2/h9-10H,3-8H2,1-2H3/b11-9-,12-10+. The van der Waals surface area contributed by atoms with Crippen LogP contribution in [0.1, 0.15) is 39.5 Å². The molecule has 0 aliphatic heterocycles. The van der Waals surface area contributed by atoms with E-state index in [-0.39, 0.29) is 11.9 Å². The second kappa shape index (κ2) is 7.69. The topological polar surface area (TPSA) is 52.6 Å². The number of rotatable bonds is 4. The Morgan fingerprint density at radius 1 is 0.944 bits per heavy atom. The van der Waals surface area contributed by atoms with Crippen molar-refractivity contribution in [3.05, 3.63) is 23.3 Å². The highest BCUT2D eigenvalue weighted by Crippen LogP contribution is 2.28. The highest BCUT2D eigenvalue weighted by Gasteiger charge is 2.15. The van der Waals surface area contributed by atoms with Crippen LogP contribution in [0.3, 0.4) is 0 Å². The van der Waals surface area contributed by atoms with Gasteiger partial charge in [-0.25, -0.2) is 9.59 Å². The Balaban J connectivity index is 2.79. The lowest BCUT2D eigenvalue weighted by atomic mass is 9.89. The Bertz CT molecular complexity index is 330. The van der Waals surface area contributed by atoms with Crippen molar-refractivity contribution in [3.8, 4) is 0 Å². The number of hydrogen-bond donors (Lipinski definition) is 0. The fourth-order valence-electron chi connectivity index (χ4n) is 1.93. The summed E-state index contributed by atoms with van der Waals surface area (Å²) in [6.07, 6.45) is 6.67. The molecule has 0 unspecified atom stereocenters. The average Bonchev–Trinajstić information content (AvgIpc) is 2.32. The highest BCUT2D eigenvalue weighted by molar-refractivity contribution is 5.87. The van der Waals surface area contributed by atoms with Gasteiger partial charge in [-0.2, -0.15) is 0 Å². The summed E-state index contributed by atoms with van der Waals surface area (Å²) in [6.45, 7) is 4.26. The van der Waals surface area contributed by atoms with Gasteiger partial charge in [0, 0.05) is 12.2 Å². The van der Waals surface area contributed by atoms with E-state index in [0.717, 1.165) is 36.8 Å². The Morgan fingerprint density at radius 2 is 1.33 bits per heavy atom. The van der Waals surface area contributed by atoms with Crippen LogP contribution >= 0.6 is 0 Å². The molecule has 0 heterocycles. The number of allylic oxidation sites excluding steroid dienone is 2. The van der Waals surface area contributed by atoms with E-state index in [2.05, 4.69) is 0 Å². The summed E-state index contributed by atoms with van der Waals surface area (Å²) >= 11 is 0. The van der Waals surface area contributed by atoms with Gasteiger partial charge in [0.25, 0.3) is 0 Å². The number of hydrogen-bond acceptors (Lipinski definition) is 4. The minimum absolute atomic E-state index is 0.343. The Morgan fingerprint density at radius 3 is 1.67 bits per heavy atom. The maximum Gasteiger partial charge on any atom is 0.331 e. The Kier molecular flexibility index (Phi) is 6.19. The van der Waals surface area contributed by atoms with Crippen LogP contribution in [-0.4, -0.2) is 25.2 Å². The molecular weight excluding hydrogens is 232 g/mol. The molecule has 0 aromatic rings. The summed E-state index contributed by atoms with van der Waals surface area (Å²) in [5.41, 5.74) is 1.79. The van der Waals surface area contributed by atoms with Crippen LogP contribution in [0.25, 0.3) is 0 Å². The molecule has 1 aliphatic carbocycles. The van der Waals surface area contributed by atoms with E-state index in [9.17, 15) is 9.59 Å². The third-order valence-corrected chi connectivity index (χ3v) is 2.71. The molecule has 4 nitrogen and oxygen atoms in total. The molecule has 0 spiro atoms. The predicted octanol–water partition coefficient (Wildman–Crippen LogP) is 2.54. The molecule has 4 heteroatoms. The van der Waals surface area contributed by atoms with Crippen LogP contribution < -0.4 is 0 Å². The van der Waals surface area contributed by atoms with Crippen molar-refractivity contribution in [2.24, 2.45) is 0 Å². The summed E-state index contributed by atoms with van der Waals surface area (Å²) in [4.78, 5) is 22.9. The molecule has 0 saturated heterocycles. The lowest BCUT2D eigenvalue weighted by Crippen LogP contribution is -2.08. The maximum absolute atomic E-state index is 11.4. The molecule has 1 aliphatic rings. The van der Waals surface area contributed by atoms with Crippen molar-refractivity contribution in [3.63, 3.8) is 0 Å². The molecule has 1 fully saturated rings. The SMILES string of the molecule is CCOC(=O)/C=C1/CCCC/C1=C\C(=O)OCC. The van der Waals surface area contributed by atoms with E-state index in [1.165, 1.54) is 12.2 Å². The van der Waals surface area contributed by atoms with E-state index in [4.69, 9.17) is 9.47 Å². The number of ether oxygens (including phenoxy) is 2. The molecule has 0 aromatic heterocycles. The van der Waals surface area contributed by atoms with Crippen molar-refractivity contribution in [2.45, 2.75) is 39.5 Å². The van der Waals surface area contributed by atoms with Crippen molar-refractivity contribution in [1.29, 1.82) is 0 Å². The average molecular weight is 252 g/mol. The van der Waals surface area contributed by atoms with Crippen LogP contribution in [0, 0.1) is 0 Å². The van der Waals surface area contributed by atoms with Gasteiger partial charge in [-0.3, -0.25) is 0 Å². The first-order valence-electron chi connectivity index (χ1n) is 6.42. The molecule has 0 amide bonds. The molecule has 0 atom stereocenters. The van der Waals surface area contributed by atoms with E-state index in [1.54, 1.807) is 13.8 Å². The Hall–Kier alpha value is -1.58. The van der Waals surface area contributed by atoms with Crippen molar-refractivity contribution < 1.29 is 19.1 Å². The lowest BCUT2D eigenvalue weighted by molar-refractivity contribution is -0.138. The van der Waals surface area contributed by atoms with Crippen molar-refractivity contribution >= 4 is 11.9 Å². The van der Waals surface area contributed by atoms with E-state index >= 15 is 0 Å². The van der Waals surface area contributed by atoms with Gasteiger partial charge in [0.2, 0.25) is 0 Å². The minimum atomic E-state index is -0.343. The summed E-state index contributed by atoms with van der Waals surface area (Å²) in [5.74, 6) is -0.687. The molecule has 18 heavy (non-hydrogen) atoms. The van der Waals surface area contributed by atoms with Crippen molar-refractivity contribution in [1.82, 2.24) is 0 Å².